The number of hydrogen-bond acceptors (Lipinski definition) is 6. The molecule has 0 unspecified atom stereocenters. The van der Waals surface area contributed by atoms with Crippen LogP contribution in [0.2, 0.25) is 0 Å². The molecule has 2 amide bonds. The molecule has 2 aromatic rings. The second-order valence-corrected chi connectivity index (χ2v) is 7.67. The molecule has 2 N–H and O–H groups in total. The van der Waals surface area contributed by atoms with Gasteiger partial charge in [0.15, 0.2) is 0 Å². The average Bonchev–Trinajstić information content (AvgIpc) is 3.25. The molecule has 0 bridgehead atoms. The lowest BCUT2D eigenvalue weighted by molar-refractivity contribution is 0.250. The Morgan fingerprint density at radius 3 is 3.00 bits per heavy atom. The van der Waals surface area contributed by atoms with E-state index in [1.54, 1.807) is 0 Å². The number of fused-ring (bicyclic) bond motifs is 1. The fourth-order valence-electron chi connectivity index (χ4n) is 3.01. The fraction of sp³-hybridized carbons (Fsp3) is 0.500. The monoisotopic (exact) mass is 374 g/mol. The summed E-state index contributed by atoms with van der Waals surface area (Å²) in [5, 5.41) is 15.3. The van der Waals surface area contributed by atoms with Gasteiger partial charge in [-0.2, -0.15) is 0 Å². The van der Waals surface area contributed by atoms with Crippen LogP contribution >= 0.6 is 11.3 Å². The van der Waals surface area contributed by atoms with Gasteiger partial charge < -0.3 is 14.8 Å². The number of carbonyl (C=O) groups is 1. The van der Waals surface area contributed by atoms with Crippen LogP contribution < -0.4 is 20.1 Å². The minimum atomic E-state index is -0.305. The van der Waals surface area contributed by atoms with Crippen molar-refractivity contribution >= 4 is 22.5 Å². The maximum Gasteiger partial charge on any atom is 0.321 e. The molecule has 1 aliphatic heterocycles. The van der Waals surface area contributed by atoms with Gasteiger partial charge in [0, 0.05) is 30.0 Å². The summed E-state index contributed by atoms with van der Waals surface area (Å²) in [7, 11) is 0. The molecule has 1 aromatic carbocycles. The van der Waals surface area contributed by atoms with E-state index in [-0.39, 0.29) is 12.1 Å². The molecule has 4 rings (SSSR count). The molecular formula is C18H22N4O3S. The summed E-state index contributed by atoms with van der Waals surface area (Å²) in [6.07, 6.45) is 3.38. The predicted molar refractivity (Wildman–Crippen MR) is 99.1 cm³/mol. The quantitative estimate of drug-likeness (QED) is 0.809. The van der Waals surface area contributed by atoms with Gasteiger partial charge in [0.25, 0.3) is 0 Å². The number of urea groups is 1. The van der Waals surface area contributed by atoms with Crippen molar-refractivity contribution in [3.63, 3.8) is 0 Å². The average molecular weight is 374 g/mol. The molecule has 1 fully saturated rings. The summed E-state index contributed by atoms with van der Waals surface area (Å²) in [6, 6.07) is 3.67. The first kappa shape index (κ1) is 17.1. The minimum absolute atomic E-state index is 0.170. The van der Waals surface area contributed by atoms with Crippen LogP contribution in [0.4, 0.5) is 9.93 Å². The molecule has 2 aliphatic rings. The van der Waals surface area contributed by atoms with Gasteiger partial charge in [-0.1, -0.05) is 11.3 Å². The van der Waals surface area contributed by atoms with Crippen molar-refractivity contribution in [2.75, 3.05) is 11.9 Å². The van der Waals surface area contributed by atoms with Crippen molar-refractivity contribution in [1.82, 2.24) is 15.5 Å². The minimum Gasteiger partial charge on any atom is -0.494 e. The molecule has 0 spiro atoms. The number of nitrogens with zero attached hydrogens (tertiary/aromatic N) is 2. The molecule has 7 nitrogen and oxygen atoms in total. The summed E-state index contributed by atoms with van der Waals surface area (Å²) in [4.78, 5) is 12.2. The highest BCUT2D eigenvalue weighted by molar-refractivity contribution is 7.15. The summed E-state index contributed by atoms with van der Waals surface area (Å²) in [5.74, 6) is 2.20. The van der Waals surface area contributed by atoms with Crippen molar-refractivity contribution in [2.45, 2.75) is 51.7 Å². The standard InChI is InChI=1S/C18H22N4O3S/c1-3-24-14-7-12-6-10(2)25-15(12)8-13(14)9-19-17(23)20-18-22-21-16(26-18)11-4-5-11/h7-8,10-11H,3-6,9H2,1-2H3,(H2,19,20,22,23)/t10-/m0/s1. The zero-order valence-electron chi connectivity index (χ0n) is 14.9. The van der Waals surface area contributed by atoms with E-state index in [9.17, 15) is 4.79 Å². The van der Waals surface area contributed by atoms with Crippen LogP contribution in [0.3, 0.4) is 0 Å². The van der Waals surface area contributed by atoms with Gasteiger partial charge in [0.2, 0.25) is 5.13 Å². The first-order valence-electron chi connectivity index (χ1n) is 8.96. The molecule has 8 heteroatoms. The summed E-state index contributed by atoms with van der Waals surface area (Å²) in [5.41, 5.74) is 2.04. The molecule has 1 atom stereocenters. The number of nitrogens with one attached hydrogen (secondary N) is 2. The van der Waals surface area contributed by atoms with E-state index in [1.807, 2.05) is 26.0 Å². The Morgan fingerprint density at radius 2 is 2.23 bits per heavy atom. The Kier molecular flexibility index (Phi) is 4.67. The molecule has 2 heterocycles. The fourth-order valence-corrected chi connectivity index (χ4v) is 3.91. The lowest BCUT2D eigenvalue weighted by atomic mass is 10.1. The van der Waals surface area contributed by atoms with Crippen molar-refractivity contribution in [3.8, 4) is 11.5 Å². The highest BCUT2D eigenvalue weighted by Gasteiger charge is 2.28. The number of ether oxygens (including phenoxy) is 2. The molecule has 1 saturated carbocycles. The van der Waals surface area contributed by atoms with Crippen LogP contribution in [0.25, 0.3) is 0 Å². The number of amides is 2. The molecule has 138 valence electrons. The molecule has 0 radical (unpaired) electrons. The molecular weight excluding hydrogens is 352 g/mol. The van der Waals surface area contributed by atoms with Crippen molar-refractivity contribution < 1.29 is 14.3 Å². The van der Waals surface area contributed by atoms with E-state index in [0.717, 1.165) is 34.1 Å². The number of carbonyl (C=O) groups excluding carboxylic acids is 1. The number of benzene rings is 1. The third kappa shape index (κ3) is 3.75. The Morgan fingerprint density at radius 1 is 1.38 bits per heavy atom. The van der Waals surface area contributed by atoms with Crippen molar-refractivity contribution in [1.29, 1.82) is 0 Å². The van der Waals surface area contributed by atoms with E-state index in [2.05, 4.69) is 20.8 Å². The maximum atomic E-state index is 12.2. The lowest BCUT2D eigenvalue weighted by Crippen LogP contribution is -2.28. The zero-order chi connectivity index (χ0) is 18.1. The van der Waals surface area contributed by atoms with Crippen molar-refractivity contribution in [2.24, 2.45) is 0 Å². The normalized spacial score (nSPS) is 18.2. The first-order chi connectivity index (χ1) is 12.6. The Hall–Kier alpha value is -2.35. The van der Waals surface area contributed by atoms with Gasteiger partial charge in [-0.05, 0) is 38.8 Å². The SMILES string of the molecule is CCOc1cc2c(cc1CNC(=O)Nc1nnc(C3CC3)s1)O[C@@H](C)C2. The third-order valence-corrected chi connectivity index (χ3v) is 5.41. The van der Waals surface area contributed by atoms with Crippen LogP contribution in [0, 0.1) is 0 Å². The van der Waals surface area contributed by atoms with Crippen molar-refractivity contribution in [3.05, 3.63) is 28.3 Å². The van der Waals surface area contributed by atoms with Gasteiger partial charge in [0.1, 0.15) is 22.6 Å². The van der Waals surface area contributed by atoms with Crippen LogP contribution in [0.15, 0.2) is 12.1 Å². The van der Waals surface area contributed by atoms with E-state index in [4.69, 9.17) is 9.47 Å². The molecule has 26 heavy (non-hydrogen) atoms. The first-order valence-corrected chi connectivity index (χ1v) is 9.77. The second-order valence-electron chi connectivity index (χ2n) is 6.66. The second kappa shape index (κ2) is 7.11. The van der Waals surface area contributed by atoms with E-state index < -0.39 is 0 Å². The van der Waals surface area contributed by atoms with Gasteiger partial charge in [-0.3, -0.25) is 5.32 Å². The largest absolute Gasteiger partial charge is 0.494 e. The van der Waals surface area contributed by atoms with Gasteiger partial charge in [-0.25, -0.2) is 4.79 Å². The molecule has 0 saturated heterocycles. The Labute approximate surface area is 156 Å². The molecule has 1 aromatic heterocycles. The van der Waals surface area contributed by atoms with Gasteiger partial charge in [0.05, 0.1) is 6.61 Å². The third-order valence-electron chi connectivity index (χ3n) is 4.41. The smallest absolute Gasteiger partial charge is 0.321 e. The lowest BCUT2D eigenvalue weighted by Gasteiger charge is -2.13. The van der Waals surface area contributed by atoms with Crippen LogP contribution in [-0.2, 0) is 13.0 Å². The van der Waals surface area contributed by atoms with E-state index in [0.29, 0.717) is 24.2 Å². The van der Waals surface area contributed by atoms with E-state index >= 15 is 0 Å². The Bertz CT molecular complexity index is 819. The van der Waals surface area contributed by atoms with Gasteiger partial charge in [-0.15, -0.1) is 10.2 Å². The van der Waals surface area contributed by atoms with Crippen LogP contribution in [0.5, 0.6) is 11.5 Å². The van der Waals surface area contributed by atoms with E-state index in [1.165, 1.54) is 24.2 Å². The van der Waals surface area contributed by atoms with Crippen LogP contribution in [-0.4, -0.2) is 28.9 Å². The highest BCUT2D eigenvalue weighted by Crippen LogP contribution is 2.42. The van der Waals surface area contributed by atoms with Gasteiger partial charge >= 0.3 is 6.03 Å². The number of hydrogen-bond donors (Lipinski definition) is 2. The number of anilines is 1. The maximum absolute atomic E-state index is 12.2. The summed E-state index contributed by atoms with van der Waals surface area (Å²) < 4.78 is 11.6. The predicted octanol–water partition coefficient (Wildman–Crippen LogP) is 3.46. The zero-order valence-corrected chi connectivity index (χ0v) is 15.7. The molecule has 1 aliphatic carbocycles. The number of rotatable bonds is 6. The topological polar surface area (TPSA) is 85.4 Å². The highest BCUT2D eigenvalue weighted by atomic mass is 32.1. The summed E-state index contributed by atoms with van der Waals surface area (Å²) >= 11 is 1.44. The van der Waals surface area contributed by atoms with Crippen LogP contribution in [0.1, 0.15) is 48.7 Å². The number of aromatic nitrogens is 2. The summed E-state index contributed by atoms with van der Waals surface area (Å²) in [6.45, 7) is 4.91. The Balaban J connectivity index is 1.39.